The maximum atomic E-state index is 13.0. The van der Waals surface area contributed by atoms with Crippen molar-refractivity contribution < 1.29 is 9.53 Å². The molecule has 0 radical (unpaired) electrons. The molecule has 1 atom stereocenters. The highest BCUT2D eigenvalue weighted by Crippen LogP contribution is 2.39. The van der Waals surface area contributed by atoms with Crippen LogP contribution in [0.15, 0.2) is 56.9 Å². The molecule has 0 spiro atoms. The van der Waals surface area contributed by atoms with Crippen molar-refractivity contribution in [2.45, 2.75) is 30.2 Å². The fraction of sp³-hybridized carbons (Fsp3) is 0.227. The zero-order chi connectivity index (χ0) is 21.3. The summed E-state index contributed by atoms with van der Waals surface area (Å²) in [7, 11) is 1.57. The Balaban J connectivity index is 1.71. The molecule has 8 heteroatoms. The van der Waals surface area contributed by atoms with E-state index in [2.05, 4.69) is 50.3 Å². The highest BCUT2D eigenvalue weighted by molar-refractivity contribution is 9.10. The van der Waals surface area contributed by atoms with E-state index in [9.17, 15) is 9.59 Å². The van der Waals surface area contributed by atoms with E-state index >= 15 is 0 Å². The molecule has 0 aliphatic carbocycles. The van der Waals surface area contributed by atoms with Crippen LogP contribution >= 0.6 is 27.7 Å². The number of methoxy groups -OCH3 is 1. The number of nitrogens with zero attached hydrogens (tertiary/aromatic N) is 1. The number of benzene rings is 2. The van der Waals surface area contributed by atoms with E-state index in [-0.39, 0.29) is 17.9 Å². The van der Waals surface area contributed by atoms with Crippen molar-refractivity contribution in [3.8, 4) is 5.75 Å². The number of ether oxygens (including phenoxy) is 1. The van der Waals surface area contributed by atoms with Gasteiger partial charge in [0, 0.05) is 28.1 Å². The minimum atomic E-state index is -0.437. The summed E-state index contributed by atoms with van der Waals surface area (Å²) in [6.45, 7) is 2.05. The molecule has 1 aliphatic heterocycles. The number of carbonyl (C=O) groups excluding carboxylic acids is 1. The summed E-state index contributed by atoms with van der Waals surface area (Å²) >= 11 is 4.90. The lowest BCUT2D eigenvalue weighted by molar-refractivity contribution is -0.116. The van der Waals surface area contributed by atoms with E-state index in [0.717, 1.165) is 10.0 Å². The van der Waals surface area contributed by atoms with Crippen molar-refractivity contribution in [2.24, 2.45) is 0 Å². The Morgan fingerprint density at radius 1 is 1.23 bits per heavy atom. The lowest BCUT2D eigenvalue weighted by atomic mass is 9.86. The number of aryl methyl sites for hydroxylation is 1. The van der Waals surface area contributed by atoms with E-state index in [4.69, 9.17) is 4.74 Å². The fourth-order valence-corrected chi connectivity index (χ4v) is 4.90. The molecule has 2 N–H and O–H groups in total. The lowest BCUT2D eigenvalue weighted by Crippen LogP contribution is -2.31. The maximum Gasteiger partial charge on any atom is 0.257 e. The fourth-order valence-electron chi connectivity index (χ4n) is 3.58. The summed E-state index contributed by atoms with van der Waals surface area (Å²) in [6, 6.07) is 13.6. The van der Waals surface area contributed by atoms with E-state index in [1.54, 1.807) is 7.11 Å². The van der Waals surface area contributed by atoms with Gasteiger partial charge in [0.1, 0.15) is 11.6 Å². The Hall–Kier alpha value is -2.58. The Morgan fingerprint density at radius 3 is 2.80 bits per heavy atom. The Kier molecular flexibility index (Phi) is 5.97. The highest BCUT2D eigenvalue weighted by atomic mass is 79.9. The molecule has 1 amide bonds. The number of hydrogen-bond donors (Lipinski definition) is 2. The Labute approximate surface area is 186 Å². The van der Waals surface area contributed by atoms with Crippen LogP contribution in [0.25, 0.3) is 0 Å². The largest absolute Gasteiger partial charge is 0.496 e. The van der Waals surface area contributed by atoms with Crippen molar-refractivity contribution in [1.82, 2.24) is 9.97 Å². The van der Waals surface area contributed by atoms with Gasteiger partial charge < -0.3 is 15.0 Å². The van der Waals surface area contributed by atoms with Crippen LogP contribution in [-0.4, -0.2) is 23.0 Å². The minimum absolute atomic E-state index is 0.153. The molecule has 0 bridgehead atoms. The van der Waals surface area contributed by atoms with E-state index in [0.29, 0.717) is 28.0 Å². The summed E-state index contributed by atoms with van der Waals surface area (Å²) in [5.41, 5.74) is 3.32. The summed E-state index contributed by atoms with van der Waals surface area (Å²) in [6.07, 6.45) is 0.153. The number of anilines is 1. The summed E-state index contributed by atoms with van der Waals surface area (Å²) in [5, 5.41) is 3.24. The molecule has 1 aliphatic rings. The molecule has 0 saturated heterocycles. The topological polar surface area (TPSA) is 84.1 Å². The van der Waals surface area contributed by atoms with Crippen LogP contribution in [-0.2, 0) is 10.5 Å². The molecular weight excluding hydrogens is 466 g/mol. The quantitative estimate of drug-likeness (QED) is 0.406. The van der Waals surface area contributed by atoms with Crippen molar-refractivity contribution in [3.05, 3.63) is 79.5 Å². The van der Waals surface area contributed by atoms with Crippen molar-refractivity contribution in [2.75, 3.05) is 12.4 Å². The van der Waals surface area contributed by atoms with Crippen LogP contribution in [0.3, 0.4) is 0 Å². The SMILES string of the molecule is COc1ccc(Br)cc1[C@H]1CC(=O)Nc2nc(SCc3ccccc3C)[nH]c(=O)c21. The number of rotatable bonds is 5. The molecular formula is C22H20BrN3O3S. The molecule has 3 aromatic rings. The standard InChI is InChI=1S/C22H20BrN3O3S/c1-12-5-3-4-6-13(12)11-30-22-25-20-19(21(28)26-22)16(10-18(27)24-20)15-9-14(23)7-8-17(15)29-2/h3-9,16H,10-11H2,1-2H3,(H2,24,25,26,27,28)/t16-/m1/s1. The Bertz CT molecular complexity index is 1180. The molecule has 6 nitrogen and oxygen atoms in total. The first kappa shape index (κ1) is 20.7. The monoisotopic (exact) mass is 485 g/mol. The van der Waals surface area contributed by atoms with Gasteiger partial charge in [-0.3, -0.25) is 9.59 Å². The van der Waals surface area contributed by atoms with Gasteiger partial charge in [-0.25, -0.2) is 4.98 Å². The van der Waals surface area contributed by atoms with Gasteiger partial charge in [0.15, 0.2) is 5.16 Å². The second-order valence-corrected chi connectivity index (χ2v) is 8.92. The molecule has 2 aromatic carbocycles. The third-order valence-electron chi connectivity index (χ3n) is 5.12. The average Bonchev–Trinajstić information content (AvgIpc) is 2.72. The summed E-state index contributed by atoms with van der Waals surface area (Å²) in [4.78, 5) is 32.9. The van der Waals surface area contributed by atoms with Crippen molar-refractivity contribution in [1.29, 1.82) is 0 Å². The molecule has 0 fully saturated rings. The molecule has 0 saturated carbocycles. The molecule has 154 valence electrons. The maximum absolute atomic E-state index is 13.0. The summed E-state index contributed by atoms with van der Waals surface area (Å²) in [5.74, 6) is 0.997. The van der Waals surface area contributed by atoms with E-state index in [1.807, 2.05) is 30.3 Å². The van der Waals surface area contributed by atoms with Gasteiger partial charge in [-0.1, -0.05) is 52.0 Å². The first-order valence-electron chi connectivity index (χ1n) is 9.41. The van der Waals surface area contributed by atoms with Crippen LogP contribution in [0.2, 0.25) is 0 Å². The van der Waals surface area contributed by atoms with Crippen LogP contribution in [0.5, 0.6) is 5.75 Å². The zero-order valence-corrected chi connectivity index (χ0v) is 18.9. The molecule has 30 heavy (non-hydrogen) atoms. The summed E-state index contributed by atoms with van der Waals surface area (Å²) < 4.78 is 6.32. The normalized spacial score (nSPS) is 15.4. The number of amides is 1. The highest BCUT2D eigenvalue weighted by Gasteiger charge is 2.32. The number of halogens is 1. The van der Waals surface area contributed by atoms with Gasteiger partial charge in [-0.2, -0.15) is 0 Å². The number of thioether (sulfide) groups is 1. The van der Waals surface area contributed by atoms with Crippen molar-refractivity contribution in [3.63, 3.8) is 0 Å². The molecule has 2 heterocycles. The number of carbonyl (C=O) groups is 1. The molecule has 0 unspecified atom stereocenters. The van der Waals surface area contributed by atoms with Gasteiger partial charge in [-0.15, -0.1) is 0 Å². The van der Waals surface area contributed by atoms with Gasteiger partial charge in [0.05, 0.1) is 12.7 Å². The first-order chi connectivity index (χ1) is 14.5. The number of H-pyrrole nitrogens is 1. The Morgan fingerprint density at radius 2 is 2.03 bits per heavy atom. The van der Waals surface area contributed by atoms with Crippen LogP contribution in [0.4, 0.5) is 5.82 Å². The first-order valence-corrected chi connectivity index (χ1v) is 11.2. The number of hydrogen-bond acceptors (Lipinski definition) is 5. The van der Waals surface area contributed by atoms with Crippen LogP contribution < -0.4 is 15.6 Å². The average molecular weight is 486 g/mol. The van der Waals surface area contributed by atoms with E-state index < -0.39 is 5.92 Å². The predicted octanol–water partition coefficient (Wildman–Crippen LogP) is 4.62. The number of aromatic amines is 1. The number of fused-ring (bicyclic) bond motifs is 1. The second-order valence-electron chi connectivity index (χ2n) is 7.04. The van der Waals surface area contributed by atoms with Crippen LogP contribution in [0.1, 0.15) is 34.6 Å². The van der Waals surface area contributed by atoms with Gasteiger partial charge in [-0.05, 0) is 36.2 Å². The van der Waals surface area contributed by atoms with Gasteiger partial charge in [0.25, 0.3) is 5.56 Å². The third-order valence-corrected chi connectivity index (χ3v) is 6.54. The molecule has 4 rings (SSSR count). The number of aromatic nitrogens is 2. The van der Waals surface area contributed by atoms with E-state index in [1.165, 1.54) is 22.9 Å². The lowest BCUT2D eigenvalue weighted by Gasteiger charge is -2.26. The number of nitrogens with one attached hydrogen (secondary N) is 2. The van der Waals surface area contributed by atoms with Gasteiger partial charge in [0.2, 0.25) is 5.91 Å². The third kappa shape index (κ3) is 4.15. The minimum Gasteiger partial charge on any atom is -0.496 e. The predicted molar refractivity (Wildman–Crippen MR) is 121 cm³/mol. The smallest absolute Gasteiger partial charge is 0.257 e. The van der Waals surface area contributed by atoms with Crippen LogP contribution in [0, 0.1) is 6.92 Å². The van der Waals surface area contributed by atoms with Gasteiger partial charge >= 0.3 is 0 Å². The van der Waals surface area contributed by atoms with Crippen molar-refractivity contribution >= 4 is 39.4 Å². The zero-order valence-electron chi connectivity index (χ0n) is 16.5. The molecule has 1 aromatic heterocycles. The second kappa shape index (κ2) is 8.65.